The maximum absolute atomic E-state index is 12.7. The van der Waals surface area contributed by atoms with Gasteiger partial charge >= 0.3 is 6.18 Å². The minimum atomic E-state index is -4.70. The van der Waals surface area contributed by atoms with E-state index in [2.05, 4.69) is 9.32 Å². The van der Waals surface area contributed by atoms with E-state index in [9.17, 15) is 21.6 Å². The second kappa shape index (κ2) is 7.30. The van der Waals surface area contributed by atoms with E-state index in [1.165, 1.54) is 4.31 Å². The van der Waals surface area contributed by atoms with Crippen LogP contribution in [0, 0.1) is 5.41 Å². The van der Waals surface area contributed by atoms with E-state index in [1.807, 2.05) is 0 Å². The molecule has 28 heavy (non-hydrogen) atoms. The van der Waals surface area contributed by atoms with Crippen LogP contribution in [-0.2, 0) is 20.9 Å². The van der Waals surface area contributed by atoms with Crippen LogP contribution < -0.4 is 0 Å². The summed E-state index contributed by atoms with van der Waals surface area (Å²) in [5, 5.41) is 0. The second-order valence-corrected chi connectivity index (χ2v) is 10.0. The molecule has 1 aromatic rings. The van der Waals surface area contributed by atoms with Crippen molar-refractivity contribution >= 4 is 10.0 Å². The van der Waals surface area contributed by atoms with Crippen LogP contribution in [-0.4, -0.2) is 63.1 Å². The summed E-state index contributed by atoms with van der Waals surface area (Å²) in [4.78, 5) is 2.05. The Morgan fingerprint density at radius 3 is 2.36 bits per heavy atom. The minimum absolute atomic E-state index is 0.141. The summed E-state index contributed by atoms with van der Waals surface area (Å²) < 4.78 is 74.7. The highest BCUT2D eigenvalue weighted by Crippen LogP contribution is 2.48. The first-order chi connectivity index (χ1) is 13.2. The van der Waals surface area contributed by atoms with Crippen molar-refractivity contribution in [1.29, 1.82) is 0 Å². The third-order valence-corrected chi connectivity index (χ3v) is 8.37. The topological polar surface area (TPSA) is 63.0 Å². The van der Waals surface area contributed by atoms with Gasteiger partial charge in [-0.15, -0.1) is 0 Å². The fraction of sp³-hybridized carbons (Fsp3) is 0.778. The first kappa shape index (κ1) is 20.2. The lowest BCUT2D eigenvalue weighted by molar-refractivity contribution is -0.153. The van der Waals surface area contributed by atoms with Crippen LogP contribution in [0.5, 0.6) is 0 Å². The Labute approximate surface area is 162 Å². The van der Waals surface area contributed by atoms with E-state index < -0.39 is 26.9 Å². The van der Waals surface area contributed by atoms with Crippen LogP contribution in [0.1, 0.15) is 37.9 Å². The molecule has 4 rings (SSSR count). The maximum Gasteiger partial charge on any atom is 0.449 e. The summed E-state index contributed by atoms with van der Waals surface area (Å²) in [5.41, 5.74) is 0.141. The Balaban J connectivity index is 1.39. The zero-order valence-electron chi connectivity index (χ0n) is 15.6. The molecular formula is C18H25F3N2O4S. The molecule has 2 saturated heterocycles. The lowest BCUT2D eigenvalue weighted by atomic mass is 9.77. The summed E-state index contributed by atoms with van der Waals surface area (Å²) in [6.45, 7) is 4.10. The van der Waals surface area contributed by atoms with Gasteiger partial charge in [0.1, 0.15) is 11.2 Å². The van der Waals surface area contributed by atoms with Crippen LogP contribution in [0.3, 0.4) is 0 Å². The molecule has 0 bridgehead atoms. The van der Waals surface area contributed by atoms with E-state index in [1.54, 1.807) is 0 Å². The Hall–Kier alpha value is -1.10. The smallest absolute Gasteiger partial charge is 0.449 e. The molecule has 1 unspecified atom stereocenters. The standard InChI is InChI=1S/C18H25F3N2O4S/c19-18(20,21)16-11-15(13-27-16)28(24,25)23-5-3-17(4-6-23)2-1-14(12-17)22-7-9-26-10-8-22/h11,13-14H,1-10,12H2. The molecule has 1 aromatic heterocycles. The lowest BCUT2D eigenvalue weighted by Gasteiger charge is -2.40. The van der Waals surface area contributed by atoms with Crippen LogP contribution in [0.15, 0.2) is 21.6 Å². The first-order valence-corrected chi connectivity index (χ1v) is 11.1. The highest BCUT2D eigenvalue weighted by Gasteiger charge is 2.45. The molecular weight excluding hydrogens is 397 g/mol. The fourth-order valence-corrected chi connectivity index (χ4v) is 6.22. The molecule has 158 valence electrons. The molecule has 0 N–H and O–H groups in total. The number of hydrogen-bond acceptors (Lipinski definition) is 5. The fourth-order valence-electron chi connectivity index (χ4n) is 4.84. The minimum Gasteiger partial charge on any atom is -0.458 e. The van der Waals surface area contributed by atoms with Crippen LogP contribution >= 0.6 is 0 Å². The summed E-state index contributed by atoms with van der Waals surface area (Å²) in [6, 6.07) is 1.10. The van der Waals surface area contributed by atoms with Gasteiger partial charge in [-0.05, 0) is 37.5 Å². The van der Waals surface area contributed by atoms with E-state index in [0.29, 0.717) is 31.5 Å². The van der Waals surface area contributed by atoms with E-state index in [4.69, 9.17) is 4.74 Å². The van der Waals surface area contributed by atoms with Crippen molar-refractivity contribution in [3.63, 3.8) is 0 Å². The van der Waals surface area contributed by atoms with Crippen molar-refractivity contribution in [3.05, 3.63) is 18.1 Å². The Morgan fingerprint density at radius 2 is 1.75 bits per heavy atom. The van der Waals surface area contributed by atoms with Gasteiger partial charge in [0.25, 0.3) is 0 Å². The normalized spacial score (nSPS) is 27.5. The van der Waals surface area contributed by atoms with E-state index >= 15 is 0 Å². The number of ether oxygens (including phenoxy) is 1. The largest absolute Gasteiger partial charge is 0.458 e. The maximum atomic E-state index is 12.7. The molecule has 1 spiro atoms. The molecule has 3 aliphatic rings. The molecule has 1 atom stereocenters. The second-order valence-electron chi connectivity index (χ2n) is 8.09. The number of furan rings is 1. The van der Waals surface area contributed by atoms with Gasteiger partial charge in [0.05, 0.1) is 13.2 Å². The Bertz CT molecular complexity index is 794. The molecule has 0 radical (unpaired) electrons. The molecule has 3 heterocycles. The zero-order valence-corrected chi connectivity index (χ0v) is 16.4. The summed E-state index contributed by atoms with van der Waals surface area (Å²) >= 11 is 0. The van der Waals surface area contributed by atoms with Gasteiger partial charge in [-0.25, -0.2) is 8.42 Å². The molecule has 6 nitrogen and oxygen atoms in total. The quantitative estimate of drug-likeness (QED) is 0.750. The van der Waals surface area contributed by atoms with Crippen molar-refractivity contribution in [2.75, 3.05) is 39.4 Å². The third kappa shape index (κ3) is 3.83. The third-order valence-electron chi connectivity index (χ3n) is 6.51. The van der Waals surface area contributed by atoms with Crippen molar-refractivity contribution in [2.45, 2.75) is 49.2 Å². The molecule has 2 aliphatic heterocycles. The van der Waals surface area contributed by atoms with Gasteiger partial charge in [0.15, 0.2) is 0 Å². The number of hydrogen-bond donors (Lipinski definition) is 0. The first-order valence-electron chi connectivity index (χ1n) is 9.67. The predicted molar refractivity (Wildman–Crippen MR) is 94.2 cm³/mol. The van der Waals surface area contributed by atoms with Crippen molar-refractivity contribution < 1.29 is 30.7 Å². The molecule has 0 amide bonds. The number of piperidine rings is 1. The number of morpholine rings is 1. The van der Waals surface area contributed by atoms with Gasteiger partial charge in [-0.3, -0.25) is 4.90 Å². The SMILES string of the molecule is O=S(=O)(c1coc(C(F)(F)F)c1)N1CCC2(CCC(N3CCOCC3)C2)CC1. The Kier molecular flexibility index (Phi) is 5.26. The average Bonchev–Trinajstić information content (AvgIpc) is 3.31. The Morgan fingerprint density at radius 1 is 1.07 bits per heavy atom. The number of rotatable bonds is 3. The van der Waals surface area contributed by atoms with Gasteiger partial charge in [-0.1, -0.05) is 0 Å². The van der Waals surface area contributed by atoms with Gasteiger partial charge in [0.2, 0.25) is 15.8 Å². The van der Waals surface area contributed by atoms with Gasteiger partial charge in [0, 0.05) is 38.3 Å². The molecule has 3 fully saturated rings. The highest BCUT2D eigenvalue weighted by atomic mass is 32.2. The van der Waals surface area contributed by atoms with Crippen LogP contribution in [0.25, 0.3) is 0 Å². The molecule has 1 aliphatic carbocycles. The number of halogens is 3. The van der Waals surface area contributed by atoms with E-state index in [0.717, 1.165) is 58.4 Å². The average molecular weight is 422 g/mol. The predicted octanol–water partition coefficient (Wildman–Crippen LogP) is 2.95. The number of nitrogens with zero attached hydrogens (tertiary/aromatic N) is 2. The summed E-state index contributed by atoms with van der Waals surface area (Å²) in [6.07, 6.45) is 0.736. The molecule has 10 heteroatoms. The number of sulfonamides is 1. The van der Waals surface area contributed by atoms with Crippen molar-refractivity contribution in [2.24, 2.45) is 5.41 Å². The van der Waals surface area contributed by atoms with Crippen LogP contribution in [0.2, 0.25) is 0 Å². The van der Waals surface area contributed by atoms with Crippen molar-refractivity contribution in [3.8, 4) is 0 Å². The molecule has 0 aromatic carbocycles. The molecule has 1 saturated carbocycles. The lowest BCUT2D eigenvalue weighted by Crippen LogP contribution is -2.45. The van der Waals surface area contributed by atoms with Gasteiger partial charge in [-0.2, -0.15) is 17.5 Å². The number of alkyl halides is 3. The van der Waals surface area contributed by atoms with Crippen LogP contribution in [0.4, 0.5) is 13.2 Å². The monoisotopic (exact) mass is 422 g/mol. The van der Waals surface area contributed by atoms with E-state index in [-0.39, 0.29) is 5.41 Å². The summed E-state index contributed by atoms with van der Waals surface area (Å²) in [7, 11) is -3.97. The summed E-state index contributed by atoms with van der Waals surface area (Å²) in [5.74, 6) is -1.29. The van der Waals surface area contributed by atoms with Crippen molar-refractivity contribution in [1.82, 2.24) is 9.21 Å². The van der Waals surface area contributed by atoms with Gasteiger partial charge < -0.3 is 9.15 Å². The highest BCUT2D eigenvalue weighted by molar-refractivity contribution is 7.89. The zero-order chi connectivity index (χ0) is 20.0.